The number of hydrogen-bond acceptors (Lipinski definition) is 6. The van der Waals surface area contributed by atoms with Gasteiger partial charge in [-0.3, -0.25) is 10.1 Å². The van der Waals surface area contributed by atoms with Crippen LogP contribution in [0.4, 0.5) is 14.9 Å². The summed E-state index contributed by atoms with van der Waals surface area (Å²) < 4.78 is 25.1. The van der Waals surface area contributed by atoms with Crippen LogP contribution in [0.1, 0.15) is 37.0 Å². The molecule has 2 heterocycles. The third-order valence-electron chi connectivity index (χ3n) is 7.16. The second-order valence-electron chi connectivity index (χ2n) is 9.76. The molecule has 0 spiro atoms. The number of halogens is 1. The van der Waals surface area contributed by atoms with Gasteiger partial charge in [-0.1, -0.05) is 78.9 Å². The molecule has 1 N–H and O–H groups in total. The van der Waals surface area contributed by atoms with Crippen LogP contribution < -0.4 is 5.32 Å². The van der Waals surface area contributed by atoms with E-state index in [0.717, 1.165) is 45.5 Å². The van der Waals surface area contributed by atoms with Crippen LogP contribution in [-0.4, -0.2) is 17.5 Å². The van der Waals surface area contributed by atoms with Crippen molar-refractivity contribution >= 4 is 39.8 Å². The van der Waals surface area contributed by atoms with Crippen LogP contribution in [0, 0.1) is 5.82 Å². The van der Waals surface area contributed by atoms with Gasteiger partial charge in [-0.25, -0.2) is 14.2 Å². The Kier molecular flexibility index (Phi) is 6.77. The summed E-state index contributed by atoms with van der Waals surface area (Å²) in [5.41, 5.74) is 4.73. The van der Waals surface area contributed by atoms with E-state index in [0.29, 0.717) is 22.4 Å². The lowest BCUT2D eigenvalue weighted by Crippen LogP contribution is -2.16. The van der Waals surface area contributed by atoms with Crippen molar-refractivity contribution in [2.75, 3.05) is 5.32 Å². The highest BCUT2D eigenvalue weighted by Gasteiger charge is 2.46. The summed E-state index contributed by atoms with van der Waals surface area (Å²) in [6.07, 6.45) is 1.74. The summed E-state index contributed by atoms with van der Waals surface area (Å²) in [5, 5.41) is 3.36. The molecule has 0 bridgehead atoms. The Morgan fingerprint density at radius 2 is 1.65 bits per heavy atom. The fraction of sp³-hybridized carbons (Fsp3) is 0.156. The monoisotopic (exact) mass is 552 g/mol. The van der Waals surface area contributed by atoms with E-state index in [1.54, 1.807) is 6.92 Å². The Hall–Kier alpha value is -4.56. The van der Waals surface area contributed by atoms with E-state index in [1.165, 1.54) is 23.6 Å². The zero-order chi connectivity index (χ0) is 27.7. The topological polar surface area (TPSA) is 77.5 Å². The highest BCUT2D eigenvalue weighted by Crippen LogP contribution is 2.49. The Bertz CT molecular complexity index is 1680. The molecule has 0 unspecified atom stereocenters. The Morgan fingerprint density at radius 1 is 1.00 bits per heavy atom. The third kappa shape index (κ3) is 5.05. The molecule has 40 heavy (non-hydrogen) atoms. The average molecular weight is 553 g/mol. The number of amides is 1. The van der Waals surface area contributed by atoms with Crippen LogP contribution in [0.15, 0.2) is 91.1 Å². The number of hydrogen-bond donors (Lipinski definition) is 1. The number of anilines is 1. The van der Waals surface area contributed by atoms with E-state index >= 15 is 0 Å². The van der Waals surface area contributed by atoms with Gasteiger partial charge in [-0.2, -0.15) is 0 Å². The Morgan fingerprint density at radius 3 is 2.30 bits per heavy atom. The molecule has 200 valence electrons. The lowest BCUT2D eigenvalue weighted by atomic mass is 9.99. The van der Waals surface area contributed by atoms with Gasteiger partial charge in [-0.15, -0.1) is 11.3 Å². The predicted octanol–water partition coefficient (Wildman–Crippen LogP) is 8.24. The molecule has 1 atom stereocenters. The maximum Gasteiger partial charge on any atom is 0.412 e. The van der Waals surface area contributed by atoms with E-state index in [4.69, 9.17) is 9.47 Å². The number of thiophene rings is 1. The zero-order valence-electron chi connectivity index (χ0n) is 21.6. The number of nitrogens with one attached hydrogen (secondary N) is 1. The molecule has 6 nitrogen and oxygen atoms in total. The molecule has 0 radical (unpaired) electrons. The maximum atomic E-state index is 14.2. The highest BCUT2D eigenvalue weighted by molar-refractivity contribution is 7.22. The highest BCUT2D eigenvalue weighted by atomic mass is 32.1. The van der Waals surface area contributed by atoms with Crippen LogP contribution in [0.25, 0.3) is 31.8 Å². The van der Waals surface area contributed by atoms with E-state index in [-0.39, 0.29) is 0 Å². The smallest absolute Gasteiger partial charge is 0.412 e. The number of ether oxygens (including phenoxy) is 2. The number of nitrogens with zero attached hydrogens (tertiary/aromatic N) is 1. The van der Waals surface area contributed by atoms with Gasteiger partial charge in [0.15, 0.2) is 0 Å². The molecule has 1 aliphatic carbocycles. The first kappa shape index (κ1) is 25.7. The van der Waals surface area contributed by atoms with Crippen molar-refractivity contribution in [2.45, 2.75) is 31.5 Å². The predicted molar refractivity (Wildman–Crippen MR) is 153 cm³/mol. The zero-order valence-corrected chi connectivity index (χ0v) is 22.4. The standard InChI is InChI=1S/C32H25FN2O4S/c1-20(21-5-3-2-4-6-21)39-31(37)35-28-27-17-26(33)18-34-30(27)40-29(28)24-9-7-22(8-10-24)23-11-13-25(14-12-23)32(15-16-32)38-19-36/h2-14,17-20H,15-16H2,1H3,(H,35,37)/t20-/m1/s1. The molecule has 8 heteroatoms. The molecule has 5 aromatic rings. The first-order chi connectivity index (χ1) is 19.5. The number of aromatic nitrogens is 1. The lowest BCUT2D eigenvalue weighted by Gasteiger charge is -2.15. The molecule has 1 amide bonds. The number of benzene rings is 3. The molecular weight excluding hydrogens is 527 g/mol. The van der Waals surface area contributed by atoms with Gasteiger partial charge in [0.05, 0.1) is 16.8 Å². The summed E-state index contributed by atoms with van der Waals surface area (Å²) in [6, 6.07) is 26.8. The van der Waals surface area contributed by atoms with Crippen molar-refractivity contribution in [3.8, 4) is 21.6 Å². The van der Waals surface area contributed by atoms with Crippen molar-refractivity contribution in [3.05, 3.63) is 108 Å². The number of carbonyl (C=O) groups excluding carboxylic acids is 2. The van der Waals surface area contributed by atoms with E-state index in [2.05, 4.69) is 10.3 Å². The van der Waals surface area contributed by atoms with Gasteiger partial charge in [0.1, 0.15) is 22.4 Å². The van der Waals surface area contributed by atoms with Crippen LogP contribution in [0.5, 0.6) is 0 Å². The number of rotatable bonds is 8. The van der Waals surface area contributed by atoms with E-state index < -0.39 is 23.6 Å². The Labute approximate surface area is 234 Å². The SMILES string of the molecule is C[C@@H](OC(=O)Nc1c(-c2ccc(-c3ccc(C4(OC=O)CC4)cc3)cc2)sc2ncc(F)cc12)c1ccccc1. The Balaban J connectivity index is 1.27. The van der Waals surface area contributed by atoms with Crippen molar-refractivity contribution in [3.63, 3.8) is 0 Å². The minimum atomic E-state index is -0.634. The quantitative estimate of drug-likeness (QED) is 0.196. The van der Waals surface area contributed by atoms with Crippen molar-refractivity contribution in [2.24, 2.45) is 0 Å². The normalized spacial score (nSPS) is 14.3. The fourth-order valence-corrected chi connectivity index (χ4v) is 5.92. The van der Waals surface area contributed by atoms with Gasteiger partial charge in [0, 0.05) is 5.39 Å². The van der Waals surface area contributed by atoms with Crippen molar-refractivity contribution < 1.29 is 23.5 Å². The van der Waals surface area contributed by atoms with Crippen LogP contribution in [-0.2, 0) is 19.9 Å². The van der Waals surface area contributed by atoms with Crippen LogP contribution in [0.2, 0.25) is 0 Å². The molecule has 0 aliphatic heterocycles. The molecular formula is C32H25FN2O4S. The summed E-state index contributed by atoms with van der Waals surface area (Å²) in [4.78, 5) is 29.4. The fourth-order valence-electron chi connectivity index (χ4n) is 4.83. The molecule has 2 aromatic heterocycles. The molecule has 0 saturated heterocycles. The van der Waals surface area contributed by atoms with Gasteiger partial charge >= 0.3 is 6.09 Å². The third-order valence-corrected chi connectivity index (χ3v) is 8.32. The van der Waals surface area contributed by atoms with Gasteiger partial charge in [-0.05, 0) is 53.6 Å². The molecule has 1 saturated carbocycles. The van der Waals surface area contributed by atoms with Crippen molar-refractivity contribution in [1.29, 1.82) is 0 Å². The van der Waals surface area contributed by atoms with Crippen molar-refractivity contribution in [1.82, 2.24) is 4.98 Å². The summed E-state index contributed by atoms with van der Waals surface area (Å²) in [5.74, 6) is -0.490. The van der Waals surface area contributed by atoms with E-state index in [9.17, 15) is 14.0 Å². The largest absolute Gasteiger partial charge is 0.456 e. The molecule has 6 rings (SSSR count). The summed E-state index contributed by atoms with van der Waals surface area (Å²) >= 11 is 1.37. The molecule has 3 aromatic carbocycles. The van der Waals surface area contributed by atoms with Gasteiger partial charge in [0.2, 0.25) is 0 Å². The van der Waals surface area contributed by atoms with Crippen LogP contribution in [0.3, 0.4) is 0 Å². The van der Waals surface area contributed by atoms with Crippen LogP contribution >= 0.6 is 11.3 Å². The number of pyridine rings is 1. The first-order valence-electron chi connectivity index (χ1n) is 12.9. The minimum Gasteiger partial charge on any atom is -0.456 e. The first-order valence-corrected chi connectivity index (χ1v) is 13.7. The molecule has 1 fully saturated rings. The molecule has 1 aliphatic rings. The summed E-state index contributed by atoms with van der Waals surface area (Å²) in [7, 11) is 0. The van der Waals surface area contributed by atoms with Gasteiger partial charge in [0.25, 0.3) is 6.47 Å². The average Bonchev–Trinajstić information content (AvgIpc) is 3.69. The van der Waals surface area contributed by atoms with Gasteiger partial charge < -0.3 is 9.47 Å². The summed E-state index contributed by atoms with van der Waals surface area (Å²) in [6.45, 7) is 2.32. The number of carbonyl (C=O) groups is 2. The van der Waals surface area contributed by atoms with E-state index in [1.807, 2.05) is 78.9 Å². The second-order valence-corrected chi connectivity index (χ2v) is 10.8. The number of fused-ring (bicyclic) bond motifs is 1. The lowest BCUT2D eigenvalue weighted by molar-refractivity contribution is -0.136. The maximum absolute atomic E-state index is 14.2. The minimum absolute atomic E-state index is 0.458. The second kappa shape index (κ2) is 10.5.